The molecular weight excluding hydrogens is 451 g/mol. The number of benzene rings is 2. The number of likely N-dealkylation sites (tertiary alicyclic amines) is 1. The van der Waals surface area contributed by atoms with Crippen LogP contribution in [0.1, 0.15) is 42.6 Å². The summed E-state index contributed by atoms with van der Waals surface area (Å²) in [7, 11) is 0. The van der Waals surface area contributed by atoms with E-state index in [-0.39, 0.29) is 29.7 Å². The predicted molar refractivity (Wildman–Crippen MR) is 121 cm³/mol. The summed E-state index contributed by atoms with van der Waals surface area (Å²) in [6.07, 6.45) is 1.41. The van der Waals surface area contributed by atoms with Crippen LogP contribution in [-0.4, -0.2) is 48.1 Å². The number of aliphatic hydroxyl groups is 1. The van der Waals surface area contributed by atoms with Gasteiger partial charge in [-0.05, 0) is 56.4 Å². The lowest BCUT2D eigenvalue weighted by molar-refractivity contribution is -0.118. The van der Waals surface area contributed by atoms with Gasteiger partial charge in [0.2, 0.25) is 0 Å². The molecule has 1 saturated heterocycles. The molecule has 2 N–H and O–H groups in total. The van der Waals surface area contributed by atoms with Crippen LogP contribution in [0.15, 0.2) is 30.3 Å². The van der Waals surface area contributed by atoms with E-state index in [1.807, 2.05) is 0 Å². The highest BCUT2D eigenvalue weighted by Gasteiger charge is 2.28. The van der Waals surface area contributed by atoms with Gasteiger partial charge >= 0.3 is 0 Å². The van der Waals surface area contributed by atoms with E-state index in [1.165, 1.54) is 6.07 Å². The van der Waals surface area contributed by atoms with Crippen LogP contribution in [0, 0.1) is 11.7 Å². The van der Waals surface area contributed by atoms with Crippen molar-refractivity contribution >= 4 is 29.1 Å². The van der Waals surface area contributed by atoms with Crippen molar-refractivity contribution in [1.82, 2.24) is 4.90 Å². The summed E-state index contributed by atoms with van der Waals surface area (Å²) in [6, 6.07) is 7.69. The second-order valence-corrected chi connectivity index (χ2v) is 9.32. The highest BCUT2D eigenvalue weighted by molar-refractivity contribution is 6.32. The lowest BCUT2D eigenvalue weighted by Gasteiger charge is -2.32. The van der Waals surface area contributed by atoms with Crippen molar-refractivity contribution in [2.24, 2.45) is 5.92 Å². The number of carbonyl (C=O) groups excluding carboxylic acids is 2. The number of rotatable bonds is 5. The molecule has 2 aromatic carbocycles. The predicted octanol–water partition coefficient (Wildman–Crippen LogP) is 3.97. The molecule has 1 fully saturated rings. The van der Waals surface area contributed by atoms with Gasteiger partial charge in [-0.2, -0.15) is 0 Å². The Labute approximate surface area is 196 Å². The van der Waals surface area contributed by atoms with Crippen LogP contribution in [0.25, 0.3) is 0 Å². The summed E-state index contributed by atoms with van der Waals surface area (Å²) in [5.74, 6) is -0.454. The molecule has 0 unspecified atom stereocenters. The first-order chi connectivity index (χ1) is 15.6. The Morgan fingerprint density at radius 2 is 2.03 bits per heavy atom. The smallest absolute Gasteiger partial charge is 0.262 e. The summed E-state index contributed by atoms with van der Waals surface area (Å²) < 4.78 is 25.6. The van der Waals surface area contributed by atoms with Gasteiger partial charge in [0.25, 0.3) is 11.8 Å². The summed E-state index contributed by atoms with van der Waals surface area (Å²) in [5, 5.41) is 13.1. The number of piperidine rings is 1. The molecule has 2 aliphatic rings. The molecule has 33 heavy (non-hydrogen) atoms. The Morgan fingerprint density at radius 1 is 1.30 bits per heavy atom. The lowest BCUT2D eigenvalue weighted by Crippen LogP contribution is -2.40. The van der Waals surface area contributed by atoms with Crippen LogP contribution in [0.4, 0.5) is 10.1 Å². The Morgan fingerprint density at radius 3 is 2.70 bits per heavy atom. The third kappa shape index (κ3) is 5.23. The average molecular weight is 477 g/mol. The first-order valence-corrected chi connectivity index (χ1v) is 11.2. The van der Waals surface area contributed by atoms with Crippen LogP contribution in [0.3, 0.4) is 0 Å². The number of nitrogens with zero attached hydrogens (tertiary/aromatic N) is 1. The fourth-order valence-corrected chi connectivity index (χ4v) is 4.18. The lowest BCUT2D eigenvalue weighted by atomic mass is 9.97. The zero-order valence-electron chi connectivity index (χ0n) is 18.5. The van der Waals surface area contributed by atoms with Crippen molar-refractivity contribution in [3.05, 3.63) is 52.3 Å². The molecule has 0 aromatic heterocycles. The molecule has 0 atom stereocenters. The molecule has 0 saturated carbocycles. The summed E-state index contributed by atoms with van der Waals surface area (Å²) in [5.41, 5.74) is -0.0792. The van der Waals surface area contributed by atoms with Gasteiger partial charge in [-0.1, -0.05) is 17.7 Å². The highest BCUT2D eigenvalue weighted by atomic mass is 35.5. The van der Waals surface area contributed by atoms with Crippen LogP contribution in [-0.2, 0) is 10.4 Å². The Balaban J connectivity index is 1.33. The van der Waals surface area contributed by atoms with Gasteiger partial charge in [-0.3, -0.25) is 9.59 Å². The third-order valence-electron chi connectivity index (χ3n) is 5.95. The largest absolute Gasteiger partial charge is 0.492 e. The van der Waals surface area contributed by atoms with E-state index in [1.54, 1.807) is 36.9 Å². The maximum absolute atomic E-state index is 14.5. The van der Waals surface area contributed by atoms with Crippen molar-refractivity contribution in [1.29, 1.82) is 0 Å². The molecule has 0 bridgehead atoms. The number of anilines is 1. The van der Waals surface area contributed by atoms with Crippen LogP contribution < -0.4 is 14.8 Å². The molecule has 2 aliphatic heterocycles. The number of nitrogens with one attached hydrogen (secondary N) is 1. The van der Waals surface area contributed by atoms with E-state index in [4.69, 9.17) is 21.1 Å². The van der Waals surface area contributed by atoms with Gasteiger partial charge in [0.05, 0.1) is 28.5 Å². The second-order valence-electron chi connectivity index (χ2n) is 8.92. The number of fused-ring (bicyclic) bond motifs is 1. The zero-order chi connectivity index (χ0) is 23.8. The summed E-state index contributed by atoms with van der Waals surface area (Å²) in [6.45, 7) is 4.59. The van der Waals surface area contributed by atoms with E-state index in [2.05, 4.69) is 5.32 Å². The van der Waals surface area contributed by atoms with Crippen molar-refractivity contribution in [2.45, 2.75) is 32.3 Å². The molecular formula is C24H26ClFN2O5. The van der Waals surface area contributed by atoms with E-state index in [0.29, 0.717) is 54.6 Å². The Bertz CT molecular complexity index is 1080. The molecule has 0 radical (unpaired) electrons. The maximum Gasteiger partial charge on any atom is 0.262 e. The van der Waals surface area contributed by atoms with Crippen molar-refractivity contribution in [3.8, 4) is 11.5 Å². The molecule has 0 aliphatic carbocycles. The summed E-state index contributed by atoms with van der Waals surface area (Å²) >= 11 is 6.30. The fourth-order valence-electron chi connectivity index (χ4n) is 3.94. The molecule has 2 amide bonds. The van der Waals surface area contributed by atoms with Gasteiger partial charge in [-0.15, -0.1) is 0 Å². The average Bonchev–Trinajstić information content (AvgIpc) is 2.77. The minimum atomic E-state index is -0.988. The second kappa shape index (κ2) is 9.19. The van der Waals surface area contributed by atoms with Gasteiger partial charge in [0, 0.05) is 19.2 Å². The van der Waals surface area contributed by atoms with E-state index in [9.17, 15) is 19.1 Å². The number of amides is 2. The van der Waals surface area contributed by atoms with E-state index in [0.717, 1.165) is 6.07 Å². The standard InChI is InChI=1S/C24H26ClFN2O5/c1-24(2,31)15-3-4-20(17(25)9-15)32-12-14-5-7-28(8-6-14)23(30)16-10-19-21(11-18(16)26)33-13-22(29)27-19/h3-4,9-11,14,31H,5-8,12-13H2,1-2H3,(H,27,29). The topological polar surface area (TPSA) is 88.1 Å². The number of hydrogen-bond acceptors (Lipinski definition) is 5. The van der Waals surface area contributed by atoms with Gasteiger partial charge < -0.3 is 24.8 Å². The highest BCUT2D eigenvalue weighted by Crippen LogP contribution is 2.33. The maximum atomic E-state index is 14.5. The summed E-state index contributed by atoms with van der Waals surface area (Å²) in [4.78, 5) is 26.0. The van der Waals surface area contributed by atoms with Gasteiger partial charge in [-0.25, -0.2) is 4.39 Å². The SMILES string of the molecule is CC(C)(O)c1ccc(OCC2CCN(C(=O)c3cc4c(cc3F)OCC(=O)N4)CC2)c(Cl)c1. The molecule has 0 spiro atoms. The fraction of sp³-hybridized carbons (Fsp3) is 0.417. The Hall–Kier alpha value is -2.84. The monoisotopic (exact) mass is 476 g/mol. The van der Waals surface area contributed by atoms with E-state index >= 15 is 0 Å². The van der Waals surface area contributed by atoms with Gasteiger partial charge in [0.15, 0.2) is 6.61 Å². The first kappa shape index (κ1) is 23.3. The van der Waals surface area contributed by atoms with E-state index < -0.39 is 17.3 Å². The quantitative estimate of drug-likeness (QED) is 0.681. The molecule has 9 heteroatoms. The molecule has 7 nitrogen and oxygen atoms in total. The normalized spacial score (nSPS) is 16.6. The zero-order valence-corrected chi connectivity index (χ0v) is 19.2. The van der Waals surface area contributed by atoms with Crippen LogP contribution in [0.2, 0.25) is 5.02 Å². The van der Waals surface area contributed by atoms with Crippen molar-refractivity contribution in [2.75, 3.05) is 31.6 Å². The van der Waals surface area contributed by atoms with Crippen molar-refractivity contribution in [3.63, 3.8) is 0 Å². The van der Waals surface area contributed by atoms with Gasteiger partial charge in [0.1, 0.15) is 17.3 Å². The number of halogens is 2. The molecule has 176 valence electrons. The van der Waals surface area contributed by atoms with Crippen molar-refractivity contribution < 1.29 is 28.6 Å². The third-order valence-corrected chi connectivity index (χ3v) is 6.24. The minimum Gasteiger partial charge on any atom is -0.492 e. The number of carbonyl (C=O) groups is 2. The Kier molecular flexibility index (Phi) is 6.50. The van der Waals surface area contributed by atoms with Crippen LogP contribution in [0.5, 0.6) is 11.5 Å². The number of ether oxygens (including phenoxy) is 2. The first-order valence-electron chi connectivity index (χ1n) is 10.8. The van der Waals surface area contributed by atoms with Crippen LogP contribution >= 0.6 is 11.6 Å². The molecule has 4 rings (SSSR count). The number of hydrogen-bond donors (Lipinski definition) is 2. The molecule has 2 aromatic rings. The minimum absolute atomic E-state index is 0.0899. The molecule has 2 heterocycles.